The number of benzene rings is 2. The summed E-state index contributed by atoms with van der Waals surface area (Å²) in [6.07, 6.45) is 0.860. The highest BCUT2D eigenvalue weighted by Crippen LogP contribution is 2.29. The highest BCUT2D eigenvalue weighted by atomic mass is 79.9. The highest BCUT2D eigenvalue weighted by molar-refractivity contribution is 9.11. The van der Waals surface area contributed by atoms with E-state index in [1.54, 1.807) is 0 Å². The Morgan fingerprint density at radius 1 is 1.13 bits per heavy atom. The summed E-state index contributed by atoms with van der Waals surface area (Å²) in [6.45, 7) is 3.98. The first-order chi connectivity index (χ1) is 11.0. The second-order valence-electron chi connectivity index (χ2n) is 5.47. The number of rotatable bonds is 3. The fraction of sp³-hybridized carbons (Fsp3) is 0.211. The predicted octanol–water partition coefficient (Wildman–Crippen LogP) is 5.11. The molecular weight excluding hydrogens is 354 g/mol. The van der Waals surface area contributed by atoms with Crippen LogP contribution in [-0.4, -0.2) is 4.57 Å². The lowest BCUT2D eigenvalue weighted by molar-refractivity contribution is 0.427. The highest BCUT2D eigenvalue weighted by Gasteiger charge is 2.13. The van der Waals surface area contributed by atoms with Crippen LogP contribution >= 0.6 is 15.9 Å². The summed E-state index contributed by atoms with van der Waals surface area (Å²) < 4.78 is 9.07. The third kappa shape index (κ3) is 2.68. The molecule has 0 spiro atoms. The first kappa shape index (κ1) is 15.8. The number of aryl methyl sites for hydroxylation is 1. The Bertz CT molecular complexity index is 986. The molecule has 3 rings (SSSR count). The molecule has 23 heavy (non-hydrogen) atoms. The van der Waals surface area contributed by atoms with Crippen LogP contribution in [0.15, 0.2) is 57.5 Å². The van der Waals surface area contributed by atoms with Crippen LogP contribution in [0.2, 0.25) is 0 Å². The van der Waals surface area contributed by atoms with Crippen molar-refractivity contribution in [1.82, 2.24) is 4.57 Å². The van der Waals surface area contributed by atoms with E-state index in [4.69, 9.17) is 4.74 Å². The van der Waals surface area contributed by atoms with Gasteiger partial charge in [-0.05, 0) is 37.6 Å². The Morgan fingerprint density at radius 2 is 1.83 bits per heavy atom. The Labute approximate surface area is 143 Å². The SMILES string of the molecule is CC/C(Br)=C(\C)Oc1cccc2c(=O)c3ccccc3n(C)c12. The van der Waals surface area contributed by atoms with Crippen molar-refractivity contribution >= 4 is 37.7 Å². The zero-order valence-electron chi connectivity index (χ0n) is 13.4. The van der Waals surface area contributed by atoms with Crippen molar-refractivity contribution < 1.29 is 4.74 Å². The van der Waals surface area contributed by atoms with Crippen LogP contribution in [0.4, 0.5) is 0 Å². The van der Waals surface area contributed by atoms with E-state index in [2.05, 4.69) is 22.9 Å². The van der Waals surface area contributed by atoms with Crippen LogP contribution in [0.3, 0.4) is 0 Å². The molecule has 0 fully saturated rings. The van der Waals surface area contributed by atoms with Crippen molar-refractivity contribution in [2.75, 3.05) is 0 Å². The lowest BCUT2D eigenvalue weighted by atomic mass is 10.1. The molecule has 118 valence electrons. The molecular formula is C19H18BrNO2. The van der Waals surface area contributed by atoms with Gasteiger partial charge in [-0.1, -0.05) is 41.1 Å². The van der Waals surface area contributed by atoms with Gasteiger partial charge in [-0.15, -0.1) is 0 Å². The van der Waals surface area contributed by atoms with E-state index in [1.165, 1.54) is 0 Å². The maximum atomic E-state index is 12.8. The van der Waals surface area contributed by atoms with E-state index in [0.717, 1.165) is 33.1 Å². The molecule has 0 radical (unpaired) electrons. The van der Waals surface area contributed by atoms with Gasteiger partial charge in [-0.3, -0.25) is 4.79 Å². The van der Waals surface area contributed by atoms with Gasteiger partial charge in [-0.25, -0.2) is 0 Å². The van der Waals surface area contributed by atoms with Gasteiger partial charge >= 0.3 is 0 Å². The predicted molar refractivity (Wildman–Crippen MR) is 99.2 cm³/mol. The molecule has 3 aromatic rings. The van der Waals surface area contributed by atoms with E-state index in [1.807, 2.05) is 61.0 Å². The average molecular weight is 372 g/mol. The summed E-state index contributed by atoms with van der Waals surface area (Å²) in [5, 5.41) is 1.39. The Morgan fingerprint density at radius 3 is 2.57 bits per heavy atom. The fourth-order valence-corrected chi connectivity index (χ4v) is 2.91. The molecule has 1 aromatic heterocycles. The maximum Gasteiger partial charge on any atom is 0.197 e. The number of halogens is 1. The Kier molecular flexibility index (Phi) is 4.26. The lowest BCUT2D eigenvalue weighted by Gasteiger charge is -2.15. The van der Waals surface area contributed by atoms with Gasteiger partial charge in [0.1, 0.15) is 5.76 Å². The van der Waals surface area contributed by atoms with Gasteiger partial charge in [0.25, 0.3) is 0 Å². The van der Waals surface area contributed by atoms with E-state index in [9.17, 15) is 4.79 Å². The summed E-state index contributed by atoms with van der Waals surface area (Å²) in [5.74, 6) is 1.50. The zero-order valence-corrected chi connectivity index (χ0v) is 15.0. The van der Waals surface area contributed by atoms with Crippen molar-refractivity contribution in [3.05, 3.63) is 62.9 Å². The number of nitrogens with zero attached hydrogens (tertiary/aromatic N) is 1. The minimum atomic E-state index is 0.0374. The second-order valence-corrected chi connectivity index (χ2v) is 6.43. The molecule has 0 aliphatic heterocycles. The van der Waals surface area contributed by atoms with Crippen molar-refractivity contribution in [2.45, 2.75) is 20.3 Å². The van der Waals surface area contributed by atoms with Crippen LogP contribution in [0.25, 0.3) is 21.8 Å². The van der Waals surface area contributed by atoms with E-state index >= 15 is 0 Å². The number of ether oxygens (including phenoxy) is 1. The summed E-state index contributed by atoms with van der Waals surface area (Å²) >= 11 is 3.52. The molecule has 0 aliphatic carbocycles. The zero-order chi connectivity index (χ0) is 16.6. The van der Waals surface area contributed by atoms with Gasteiger partial charge in [-0.2, -0.15) is 0 Å². The Balaban J connectivity index is 2.36. The minimum Gasteiger partial charge on any atom is -0.459 e. The first-order valence-electron chi connectivity index (χ1n) is 7.58. The number of aromatic nitrogens is 1. The van der Waals surface area contributed by atoms with Gasteiger partial charge in [0, 0.05) is 16.9 Å². The number of hydrogen-bond donors (Lipinski definition) is 0. The summed E-state index contributed by atoms with van der Waals surface area (Å²) in [5.41, 5.74) is 1.75. The molecule has 0 saturated heterocycles. The molecule has 2 aromatic carbocycles. The number of allylic oxidation sites excluding steroid dienone is 2. The molecule has 0 aliphatic rings. The molecule has 0 atom stereocenters. The molecule has 0 amide bonds. The maximum absolute atomic E-state index is 12.8. The summed E-state index contributed by atoms with van der Waals surface area (Å²) in [7, 11) is 1.96. The van der Waals surface area contributed by atoms with Crippen molar-refractivity contribution in [3.8, 4) is 5.75 Å². The van der Waals surface area contributed by atoms with E-state index in [0.29, 0.717) is 11.1 Å². The van der Waals surface area contributed by atoms with Crippen LogP contribution in [-0.2, 0) is 7.05 Å². The second kappa shape index (κ2) is 6.20. The Hall–Kier alpha value is -2.07. The van der Waals surface area contributed by atoms with Crippen molar-refractivity contribution in [3.63, 3.8) is 0 Å². The first-order valence-corrected chi connectivity index (χ1v) is 8.37. The normalized spacial score (nSPS) is 12.5. The number of pyridine rings is 1. The third-order valence-corrected chi connectivity index (χ3v) is 5.16. The molecule has 0 saturated carbocycles. The molecule has 0 unspecified atom stereocenters. The number of hydrogen-bond acceptors (Lipinski definition) is 2. The van der Waals surface area contributed by atoms with Crippen molar-refractivity contribution in [2.24, 2.45) is 7.05 Å². The summed E-state index contributed by atoms with van der Waals surface area (Å²) in [4.78, 5) is 12.8. The molecule has 1 heterocycles. The number of fused-ring (bicyclic) bond motifs is 2. The summed E-state index contributed by atoms with van der Waals surface area (Å²) in [6, 6.07) is 13.3. The molecule has 3 nitrogen and oxygen atoms in total. The van der Waals surface area contributed by atoms with E-state index in [-0.39, 0.29) is 5.43 Å². The number of para-hydroxylation sites is 2. The standard InChI is InChI=1S/C19H18BrNO2/c1-4-15(20)12(2)23-17-11-7-9-14-18(17)21(3)16-10-6-5-8-13(16)19(14)22/h5-11H,4H2,1-3H3/b15-12-. The molecule has 0 bridgehead atoms. The quantitative estimate of drug-likeness (QED) is 0.473. The monoisotopic (exact) mass is 371 g/mol. The van der Waals surface area contributed by atoms with Gasteiger partial charge < -0.3 is 9.30 Å². The van der Waals surface area contributed by atoms with Crippen LogP contribution in [0, 0.1) is 0 Å². The lowest BCUT2D eigenvalue weighted by Crippen LogP contribution is -2.10. The fourth-order valence-electron chi connectivity index (χ4n) is 2.83. The van der Waals surface area contributed by atoms with Gasteiger partial charge in [0.2, 0.25) is 0 Å². The largest absolute Gasteiger partial charge is 0.459 e. The van der Waals surface area contributed by atoms with Gasteiger partial charge in [0.05, 0.1) is 16.4 Å². The third-order valence-electron chi connectivity index (χ3n) is 4.04. The smallest absolute Gasteiger partial charge is 0.197 e. The van der Waals surface area contributed by atoms with Crippen LogP contribution in [0.5, 0.6) is 5.75 Å². The average Bonchev–Trinajstić information content (AvgIpc) is 2.58. The van der Waals surface area contributed by atoms with Crippen LogP contribution in [0.1, 0.15) is 20.3 Å². The van der Waals surface area contributed by atoms with Crippen molar-refractivity contribution in [1.29, 1.82) is 0 Å². The minimum absolute atomic E-state index is 0.0374. The molecule has 4 heteroatoms. The van der Waals surface area contributed by atoms with Gasteiger partial charge in [0.15, 0.2) is 11.2 Å². The van der Waals surface area contributed by atoms with E-state index < -0.39 is 0 Å². The van der Waals surface area contributed by atoms with Crippen LogP contribution < -0.4 is 10.2 Å². The molecule has 0 N–H and O–H groups in total. The topological polar surface area (TPSA) is 31.2 Å².